The third-order valence-electron chi connectivity index (χ3n) is 2.84. The van der Waals surface area contributed by atoms with E-state index in [1.807, 2.05) is 18.2 Å². The van der Waals surface area contributed by atoms with Crippen molar-refractivity contribution in [1.82, 2.24) is 0 Å². The summed E-state index contributed by atoms with van der Waals surface area (Å²) in [6.45, 7) is 0.950. The molecule has 0 heterocycles. The predicted molar refractivity (Wildman–Crippen MR) is 78.5 cm³/mol. The van der Waals surface area contributed by atoms with Crippen LogP contribution < -0.4 is 10.1 Å². The number of nitrogens with one attached hydrogen (secondary N) is 1. The Morgan fingerprint density at radius 1 is 1.19 bits per heavy atom. The van der Waals surface area contributed by atoms with E-state index >= 15 is 0 Å². The highest BCUT2D eigenvalue weighted by atomic mass is 16.5. The first kappa shape index (κ1) is 14.4. The molecule has 2 aromatic rings. The SMILES string of the molecule is N#Cc1ccccc1NCCOc1ccc(C(=O)O)cc1. The monoisotopic (exact) mass is 282 g/mol. The van der Waals surface area contributed by atoms with Crippen molar-refractivity contribution in [3.8, 4) is 11.8 Å². The van der Waals surface area contributed by atoms with Crippen LogP contribution in [0.2, 0.25) is 0 Å². The number of carboxylic acids is 1. The second-order valence-corrected chi connectivity index (χ2v) is 4.26. The first-order valence-electron chi connectivity index (χ1n) is 6.40. The zero-order valence-corrected chi connectivity index (χ0v) is 11.2. The number of aromatic carboxylic acids is 1. The van der Waals surface area contributed by atoms with Crippen molar-refractivity contribution in [2.75, 3.05) is 18.5 Å². The highest BCUT2D eigenvalue weighted by molar-refractivity contribution is 5.87. The zero-order chi connectivity index (χ0) is 15.1. The van der Waals surface area contributed by atoms with Crippen molar-refractivity contribution in [3.63, 3.8) is 0 Å². The van der Waals surface area contributed by atoms with Crippen LogP contribution in [0.1, 0.15) is 15.9 Å². The van der Waals surface area contributed by atoms with Crippen LogP contribution in [0.25, 0.3) is 0 Å². The Morgan fingerprint density at radius 3 is 2.57 bits per heavy atom. The fourth-order valence-corrected chi connectivity index (χ4v) is 1.78. The first-order valence-corrected chi connectivity index (χ1v) is 6.40. The highest BCUT2D eigenvalue weighted by Gasteiger charge is 2.02. The lowest BCUT2D eigenvalue weighted by molar-refractivity contribution is 0.0697. The number of para-hydroxylation sites is 1. The molecule has 21 heavy (non-hydrogen) atoms. The number of hydrogen-bond acceptors (Lipinski definition) is 4. The normalized spacial score (nSPS) is 9.67. The largest absolute Gasteiger partial charge is 0.492 e. The molecule has 0 bridgehead atoms. The Labute approximate surface area is 122 Å². The van der Waals surface area contributed by atoms with Crippen LogP contribution in [0.4, 0.5) is 5.69 Å². The van der Waals surface area contributed by atoms with Gasteiger partial charge in [-0.15, -0.1) is 0 Å². The van der Waals surface area contributed by atoms with E-state index < -0.39 is 5.97 Å². The summed E-state index contributed by atoms with van der Waals surface area (Å²) in [5, 5.41) is 20.9. The molecule has 0 aliphatic rings. The van der Waals surface area contributed by atoms with Gasteiger partial charge in [-0.2, -0.15) is 5.26 Å². The Balaban J connectivity index is 1.82. The number of nitriles is 1. The van der Waals surface area contributed by atoms with Crippen molar-refractivity contribution >= 4 is 11.7 Å². The van der Waals surface area contributed by atoms with Crippen molar-refractivity contribution in [2.24, 2.45) is 0 Å². The summed E-state index contributed by atoms with van der Waals surface area (Å²) in [5.41, 5.74) is 1.58. The number of carboxylic acid groups (broad SMARTS) is 1. The fraction of sp³-hybridized carbons (Fsp3) is 0.125. The lowest BCUT2D eigenvalue weighted by Crippen LogP contribution is -2.12. The summed E-state index contributed by atoms with van der Waals surface area (Å²) in [5.74, 6) is -0.355. The molecular weight excluding hydrogens is 268 g/mol. The van der Waals surface area contributed by atoms with Gasteiger partial charge in [0.2, 0.25) is 0 Å². The van der Waals surface area contributed by atoms with Gasteiger partial charge in [-0.05, 0) is 36.4 Å². The predicted octanol–water partition coefficient (Wildman–Crippen LogP) is 2.75. The maximum atomic E-state index is 10.7. The molecule has 0 spiro atoms. The van der Waals surface area contributed by atoms with Crippen LogP contribution in [0.3, 0.4) is 0 Å². The van der Waals surface area contributed by atoms with E-state index in [2.05, 4.69) is 11.4 Å². The maximum absolute atomic E-state index is 10.7. The van der Waals surface area contributed by atoms with Crippen LogP contribution in [0, 0.1) is 11.3 Å². The van der Waals surface area contributed by atoms with E-state index in [1.54, 1.807) is 18.2 Å². The number of ether oxygens (including phenoxy) is 1. The molecule has 0 atom stereocenters. The molecule has 106 valence electrons. The topological polar surface area (TPSA) is 82.3 Å². The van der Waals surface area contributed by atoms with Crippen LogP contribution in [-0.4, -0.2) is 24.2 Å². The molecule has 2 N–H and O–H groups in total. The van der Waals surface area contributed by atoms with Crippen LogP contribution in [0.15, 0.2) is 48.5 Å². The van der Waals surface area contributed by atoms with Crippen LogP contribution in [-0.2, 0) is 0 Å². The number of nitrogens with zero attached hydrogens (tertiary/aromatic N) is 1. The molecule has 0 unspecified atom stereocenters. The van der Waals surface area contributed by atoms with E-state index in [4.69, 9.17) is 15.1 Å². The smallest absolute Gasteiger partial charge is 0.335 e. The molecule has 0 saturated carbocycles. The van der Waals surface area contributed by atoms with E-state index in [-0.39, 0.29) is 5.56 Å². The van der Waals surface area contributed by atoms with Crippen LogP contribution in [0.5, 0.6) is 5.75 Å². The molecule has 0 aliphatic heterocycles. The molecule has 0 amide bonds. The number of benzene rings is 2. The van der Waals surface area contributed by atoms with Gasteiger partial charge >= 0.3 is 5.97 Å². The van der Waals surface area contributed by atoms with E-state index in [0.29, 0.717) is 24.5 Å². The van der Waals surface area contributed by atoms with E-state index in [0.717, 1.165) is 5.69 Å². The van der Waals surface area contributed by atoms with Crippen molar-refractivity contribution in [1.29, 1.82) is 5.26 Å². The summed E-state index contributed by atoms with van der Waals surface area (Å²) in [6.07, 6.45) is 0. The summed E-state index contributed by atoms with van der Waals surface area (Å²) < 4.78 is 5.50. The zero-order valence-electron chi connectivity index (χ0n) is 11.2. The number of hydrogen-bond donors (Lipinski definition) is 2. The Hall–Kier alpha value is -3.00. The third kappa shape index (κ3) is 3.98. The second kappa shape index (κ2) is 6.96. The minimum Gasteiger partial charge on any atom is -0.492 e. The second-order valence-electron chi connectivity index (χ2n) is 4.26. The number of rotatable bonds is 6. The third-order valence-corrected chi connectivity index (χ3v) is 2.84. The van der Waals surface area contributed by atoms with Crippen LogP contribution >= 0.6 is 0 Å². The lowest BCUT2D eigenvalue weighted by Gasteiger charge is -2.09. The Morgan fingerprint density at radius 2 is 1.90 bits per heavy atom. The molecule has 0 aromatic heterocycles. The summed E-state index contributed by atoms with van der Waals surface area (Å²) in [4.78, 5) is 10.7. The molecule has 5 heteroatoms. The molecule has 0 radical (unpaired) electrons. The molecule has 0 aliphatic carbocycles. The van der Waals surface area contributed by atoms with Gasteiger partial charge in [0, 0.05) is 6.54 Å². The van der Waals surface area contributed by atoms with Gasteiger partial charge in [-0.25, -0.2) is 4.79 Å². The van der Waals surface area contributed by atoms with Gasteiger partial charge in [0.05, 0.1) is 16.8 Å². The van der Waals surface area contributed by atoms with Gasteiger partial charge in [0.15, 0.2) is 0 Å². The average Bonchev–Trinajstić information content (AvgIpc) is 2.52. The molecule has 0 fully saturated rings. The van der Waals surface area contributed by atoms with Gasteiger partial charge in [0.1, 0.15) is 18.4 Å². The van der Waals surface area contributed by atoms with Gasteiger partial charge < -0.3 is 15.2 Å². The molecule has 2 aromatic carbocycles. The lowest BCUT2D eigenvalue weighted by atomic mass is 10.2. The number of carbonyl (C=O) groups is 1. The van der Waals surface area contributed by atoms with Crippen molar-refractivity contribution < 1.29 is 14.6 Å². The standard InChI is InChI=1S/C16H14N2O3/c17-11-13-3-1-2-4-15(13)18-9-10-21-14-7-5-12(6-8-14)16(19)20/h1-8,18H,9-10H2,(H,19,20). The first-order chi connectivity index (χ1) is 10.2. The molecular formula is C16H14N2O3. The highest BCUT2D eigenvalue weighted by Crippen LogP contribution is 2.14. The van der Waals surface area contributed by atoms with Crippen molar-refractivity contribution in [3.05, 3.63) is 59.7 Å². The average molecular weight is 282 g/mol. The number of anilines is 1. The molecule has 2 rings (SSSR count). The summed E-state index contributed by atoms with van der Waals surface area (Å²) in [7, 11) is 0. The minimum atomic E-state index is -0.962. The van der Waals surface area contributed by atoms with E-state index in [1.165, 1.54) is 12.1 Å². The molecule has 5 nitrogen and oxygen atoms in total. The summed E-state index contributed by atoms with van der Waals surface area (Å²) >= 11 is 0. The van der Waals surface area contributed by atoms with E-state index in [9.17, 15) is 4.79 Å². The minimum absolute atomic E-state index is 0.225. The fourth-order valence-electron chi connectivity index (χ4n) is 1.78. The maximum Gasteiger partial charge on any atom is 0.335 e. The Kier molecular flexibility index (Phi) is 4.78. The van der Waals surface area contributed by atoms with Gasteiger partial charge in [-0.3, -0.25) is 0 Å². The van der Waals surface area contributed by atoms with Gasteiger partial charge in [0.25, 0.3) is 0 Å². The van der Waals surface area contributed by atoms with Crippen molar-refractivity contribution in [2.45, 2.75) is 0 Å². The Bertz CT molecular complexity index is 660. The molecule has 0 saturated heterocycles. The van der Waals surface area contributed by atoms with Gasteiger partial charge in [-0.1, -0.05) is 12.1 Å². The summed E-state index contributed by atoms with van der Waals surface area (Å²) in [6, 6.07) is 15.6. The quantitative estimate of drug-likeness (QED) is 0.796.